The van der Waals surface area contributed by atoms with Gasteiger partial charge in [-0.05, 0) is 25.2 Å². The zero-order chi connectivity index (χ0) is 14.5. The van der Waals surface area contributed by atoms with Crippen LogP contribution < -0.4 is 21.7 Å². The second-order valence-electron chi connectivity index (χ2n) is 4.60. The molecule has 1 aliphatic heterocycles. The van der Waals surface area contributed by atoms with Crippen molar-refractivity contribution in [2.45, 2.75) is 6.04 Å². The highest BCUT2D eigenvalue weighted by Crippen LogP contribution is 2.19. The van der Waals surface area contributed by atoms with E-state index in [1.54, 1.807) is 31.3 Å². The van der Waals surface area contributed by atoms with E-state index >= 15 is 0 Å². The molecule has 0 saturated carbocycles. The molecule has 7 heteroatoms. The number of benzene rings is 1. The summed E-state index contributed by atoms with van der Waals surface area (Å²) in [5, 5.41) is 8.33. The molecule has 0 aliphatic carbocycles. The summed E-state index contributed by atoms with van der Waals surface area (Å²) in [4.78, 5) is 23.0. The van der Waals surface area contributed by atoms with Crippen LogP contribution in [0.4, 0.5) is 16.2 Å². The number of likely N-dealkylation sites (N-methyl/N-ethyl adjacent to an activating group) is 1. The molecular formula is C13H18N4O3. The van der Waals surface area contributed by atoms with E-state index in [0.717, 1.165) is 0 Å². The predicted octanol–water partition coefficient (Wildman–Crippen LogP) is 0.350. The van der Waals surface area contributed by atoms with E-state index < -0.39 is 6.03 Å². The number of carbonyl (C=O) groups excluding carboxylic acids is 2. The molecule has 108 valence electrons. The standard InChI is InChI=1S/C13H18N4O3/c1-15-11-7-20-6-10(11)12(18)16-8-3-2-4-9(5-8)17-13(14)19/h2-5,10-11,15H,6-7H2,1H3,(H,16,18)(H3,14,17,19). The van der Waals surface area contributed by atoms with Crippen molar-refractivity contribution in [1.29, 1.82) is 0 Å². The van der Waals surface area contributed by atoms with Gasteiger partial charge in [0.1, 0.15) is 0 Å². The molecule has 0 bridgehead atoms. The first-order chi connectivity index (χ1) is 9.60. The van der Waals surface area contributed by atoms with Crippen molar-refractivity contribution in [2.24, 2.45) is 11.7 Å². The summed E-state index contributed by atoms with van der Waals surface area (Å²) in [6.07, 6.45) is 0. The van der Waals surface area contributed by atoms with Gasteiger partial charge in [-0.15, -0.1) is 0 Å². The summed E-state index contributed by atoms with van der Waals surface area (Å²) in [7, 11) is 1.80. The fraction of sp³-hybridized carbons (Fsp3) is 0.385. The average molecular weight is 278 g/mol. The molecule has 7 nitrogen and oxygen atoms in total. The molecule has 1 aromatic carbocycles. The number of primary amides is 1. The van der Waals surface area contributed by atoms with Gasteiger partial charge in [0.15, 0.2) is 0 Å². The van der Waals surface area contributed by atoms with Gasteiger partial charge >= 0.3 is 6.03 Å². The van der Waals surface area contributed by atoms with Gasteiger partial charge in [-0.2, -0.15) is 0 Å². The average Bonchev–Trinajstić information content (AvgIpc) is 2.86. The van der Waals surface area contributed by atoms with Crippen LogP contribution in [0.15, 0.2) is 24.3 Å². The van der Waals surface area contributed by atoms with Gasteiger partial charge in [-0.1, -0.05) is 6.07 Å². The van der Waals surface area contributed by atoms with Gasteiger partial charge in [0.25, 0.3) is 0 Å². The Bertz CT molecular complexity index is 506. The predicted molar refractivity (Wildman–Crippen MR) is 75.4 cm³/mol. The van der Waals surface area contributed by atoms with Crippen LogP contribution in [0.2, 0.25) is 0 Å². The number of amides is 3. The Balaban J connectivity index is 2.02. The molecule has 2 atom stereocenters. The summed E-state index contributed by atoms with van der Waals surface area (Å²) >= 11 is 0. The van der Waals surface area contributed by atoms with E-state index in [9.17, 15) is 9.59 Å². The Morgan fingerprint density at radius 2 is 1.95 bits per heavy atom. The summed E-state index contributed by atoms with van der Waals surface area (Å²) in [5.74, 6) is -0.342. The highest BCUT2D eigenvalue weighted by atomic mass is 16.5. The van der Waals surface area contributed by atoms with Gasteiger partial charge in [-0.3, -0.25) is 4.79 Å². The van der Waals surface area contributed by atoms with E-state index in [2.05, 4.69) is 16.0 Å². The molecule has 0 radical (unpaired) electrons. The lowest BCUT2D eigenvalue weighted by atomic mass is 10.0. The number of urea groups is 1. The van der Waals surface area contributed by atoms with Crippen LogP contribution in [-0.2, 0) is 9.53 Å². The Labute approximate surface area is 116 Å². The molecule has 1 heterocycles. The lowest BCUT2D eigenvalue weighted by Gasteiger charge is -2.16. The Morgan fingerprint density at radius 1 is 1.25 bits per heavy atom. The van der Waals surface area contributed by atoms with E-state index in [1.807, 2.05) is 0 Å². The van der Waals surface area contributed by atoms with Crippen molar-refractivity contribution in [3.63, 3.8) is 0 Å². The molecule has 1 saturated heterocycles. The highest BCUT2D eigenvalue weighted by Gasteiger charge is 2.32. The maximum atomic E-state index is 12.2. The molecule has 2 rings (SSSR count). The second-order valence-corrected chi connectivity index (χ2v) is 4.60. The van der Waals surface area contributed by atoms with Gasteiger partial charge in [-0.25, -0.2) is 4.79 Å². The van der Waals surface area contributed by atoms with Crippen molar-refractivity contribution in [1.82, 2.24) is 5.32 Å². The van der Waals surface area contributed by atoms with Crippen LogP contribution in [0.25, 0.3) is 0 Å². The molecule has 20 heavy (non-hydrogen) atoms. The number of hydrogen-bond acceptors (Lipinski definition) is 4. The minimum atomic E-state index is -0.645. The number of nitrogens with two attached hydrogens (primary N) is 1. The number of ether oxygens (including phenoxy) is 1. The zero-order valence-corrected chi connectivity index (χ0v) is 11.2. The van der Waals surface area contributed by atoms with Crippen LogP contribution in [0, 0.1) is 5.92 Å². The molecule has 0 aromatic heterocycles. The first-order valence-electron chi connectivity index (χ1n) is 6.32. The molecule has 2 unspecified atom stereocenters. The number of nitrogens with one attached hydrogen (secondary N) is 3. The third kappa shape index (κ3) is 3.46. The number of rotatable bonds is 4. The summed E-state index contributed by atoms with van der Waals surface area (Å²) in [6, 6.07) is 6.17. The maximum Gasteiger partial charge on any atom is 0.316 e. The summed E-state index contributed by atoms with van der Waals surface area (Å²) < 4.78 is 5.30. The monoisotopic (exact) mass is 278 g/mol. The minimum absolute atomic E-state index is 0.0157. The van der Waals surface area contributed by atoms with Crippen molar-refractivity contribution < 1.29 is 14.3 Å². The van der Waals surface area contributed by atoms with E-state index in [-0.39, 0.29) is 17.9 Å². The molecule has 0 spiro atoms. The third-order valence-electron chi connectivity index (χ3n) is 3.19. The van der Waals surface area contributed by atoms with Crippen LogP contribution in [-0.4, -0.2) is 38.2 Å². The molecular weight excluding hydrogens is 260 g/mol. The first kappa shape index (κ1) is 14.3. The fourth-order valence-corrected chi connectivity index (χ4v) is 2.15. The lowest BCUT2D eigenvalue weighted by molar-refractivity contribution is -0.120. The minimum Gasteiger partial charge on any atom is -0.379 e. The van der Waals surface area contributed by atoms with Crippen molar-refractivity contribution in [3.8, 4) is 0 Å². The highest BCUT2D eigenvalue weighted by molar-refractivity contribution is 5.94. The van der Waals surface area contributed by atoms with Crippen molar-refractivity contribution in [2.75, 3.05) is 30.9 Å². The number of anilines is 2. The van der Waals surface area contributed by atoms with Gasteiger partial charge in [0.2, 0.25) is 5.91 Å². The van der Waals surface area contributed by atoms with Crippen molar-refractivity contribution >= 4 is 23.3 Å². The van der Waals surface area contributed by atoms with Crippen LogP contribution in [0.5, 0.6) is 0 Å². The fourth-order valence-electron chi connectivity index (χ4n) is 2.15. The quantitative estimate of drug-likeness (QED) is 0.637. The largest absolute Gasteiger partial charge is 0.379 e. The van der Waals surface area contributed by atoms with E-state index in [4.69, 9.17) is 10.5 Å². The number of hydrogen-bond donors (Lipinski definition) is 4. The molecule has 1 aliphatic rings. The van der Waals surface area contributed by atoms with Crippen molar-refractivity contribution in [3.05, 3.63) is 24.3 Å². The van der Waals surface area contributed by atoms with Gasteiger partial charge < -0.3 is 26.4 Å². The van der Waals surface area contributed by atoms with E-state index in [0.29, 0.717) is 24.6 Å². The number of carbonyl (C=O) groups is 2. The summed E-state index contributed by atoms with van der Waals surface area (Å²) in [5.41, 5.74) is 6.18. The Kier molecular flexibility index (Phi) is 4.54. The van der Waals surface area contributed by atoms with Crippen LogP contribution in [0.3, 0.4) is 0 Å². The van der Waals surface area contributed by atoms with Gasteiger partial charge in [0, 0.05) is 17.4 Å². The SMILES string of the molecule is CNC1COCC1C(=O)Nc1cccc(NC(N)=O)c1. The molecule has 3 amide bonds. The third-order valence-corrected chi connectivity index (χ3v) is 3.19. The normalized spacial score (nSPS) is 21.4. The maximum absolute atomic E-state index is 12.2. The smallest absolute Gasteiger partial charge is 0.316 e. The summed E-state index contributed by atoms with van der Waals surface area (Å²) in [6.45, 7) is 0.925. The lowest BCUT2D eigenvalue weighted by Crippen LogP contribution is -2.39. The van der Waals surface area contributed by atoms with E-state index in [1.165, 1.54) is 0 Å². The first-order valence-corrected chi connectivity index (χ1v) is 6.32. The van der Waals surface area contributed by atoms with Gasteiger partial charge in [0.05, 0.1) is 19.1 Å². The topological polar surface area (TPSA) is 105 Å². The molecule has 5 N–H and O–H groups in total. The van der Waals surface area contributed by atoms with Crippen LogP contribution in [0.1, 0.15) is 0 Å². The Morgan fingerprint density at radius 3 is 2.60 bits per heavy atom. The molecule has 1 fully saturated rings. The second kappa shape index (κ2) is 6.36. The molecule has 1 aromatic rings. The zero-order valence-electron chi connectivity index (χ0n) is 11.2. The van der Waals surface area contributed by atoms with Crippen LogP contribution >= 0.6 is 0 Å². The Hall–Kier alpha value is -2.12.